The van der Waals surface area contributed by atoms with Crippen LogP contribution in [-0.2, 0) is 6.54 Å². The summed E-state index contributed by atoms with van der Waals surface area (Å²) in [5.74, 6) is 0.210. The molecule has 1 aliphatic heterocycles. The van der Waals surface area contributed by atoms with Crippen LogP contribution in [0.4, 0.5) is 4.39 Å². The molecule has 1 unspecified atom stereocenters. The Hall–Kier alpha value is -0.940. The molecule has 0 spiro atoms. The van der Waals surface area contributed by atoms with Crippen LogP contribution in [0.2, 0.25) is 0 Å². The van der Waals surface area contributed by atoms with Crippen molar-refractivity contribution in [2.45, 2.75) is 19.4 Å². The molecule has 0 aliphatic carbocycles. The zero-order chi connectivity index (χ0) is 13.1. The van der Waals surface area contributed by atoms with Crippen molar-refractivity contribution in [3.05, 3.63) is 34.1 Å². The highest BCUT2D eigenvalue weighted by Gasteiger charge is 2.21. The molecule has 1 aromatic rings. The molecule has 1 heterocycles. The average Bonchev–Trinajstić information content (AvgIpc) is 2.34. The molecule has 5 heteroatoms. The van der Waals surface area contributed by atoms with Crippen molar-refractivity contribution in [2.24, 2.45) is 11.7 Å². The van der Waals surface area contributed by atoms with Gasteiger partial charge in [0, 0.05) is 19.0 Å². The van der Waals surface area contributed by atoms with E-state index in [2.05, 4.69) is 20.8 Å². The lowest BCUT2D eigenvalue weighted by Crippen LogP contribution is -2.40. The molecule has 0 amide bonds. The van der Waals surface area contributed by atoms with Crippen LogP contribution in [0.3, 0.4) is 0 Å². The Balaban J connectivity index is 2.00. The van der Waals surface area contributed by atoms with E-state index in [0.29, 0.717) is 4.47 Å². The first-order chi connectivity index (χ1) is 8.56. The van der Waals surface area contributed by atoms with Crippen molar-refractivity contribution in [2.75, 3.05) is 13.1 Å². The molecule has 1 aliphatic rings. The van der Waals surface area contributed by atoms with Crippen molar-refractivity contribution in [3.8, 4) is 0 Å². The lowest BCUT2D eigenvalue weighted by molar-refractivity contribution is 0.195. The second kappa shape index (κ2) is 5.80. The minimum Gasteiger partial charge on any atom is -0.387 e. The molecule has 0 radical (unpaired) electrons. The fourth-order valence-corrected chi connectivity index (χ4v) is 2.78. The monoisotopic (exact) mass is 313 g/mol. The minimum absolute atomic E-state index is 0.169. The first kappa shape index (κ1) is 13.5. The Morgan fingerprint density at radius 2 is 2.33 bits per heavy atom. The number of piperidine rings is 1. The topological polar surface area (TPSA) is 53.1 Å². The summed E-state index contributed by atoms with van der Waals surface area (Å²) in [6.07, 6.45) is 2.06. The van der Waals surface area contributed by atoms with Crippen molar-refractivity contribution in [1.29, 1.82) is 5.41 Å². The molecule has 1 atom stereocenters. The summed E-state index contributed by atoms with van der Waals surface area (Å²) in [7, 11) is 0. The summed E-state index contributed by atoms with van der Waals surface area (Å²) >= 11 is 3.20. The van der Waals surface area contributed by atoms with Crippen molar-refractivity contribution >= 4 is 21.8 Å². The van der Waals surface area contributed by atoms with Crippen LogP contribution in [-0.4, -0.2) is 23.8 Å². The Bertz CT molecular complexity index is 450. The van der Waals surface area contributed by atoms with Gasteiger partial charge in [-0.1, -0.05) is 6.07 Å². The molecule has 0 saturated carbocycles. The largest absolute Gasteiger partial charge is 0.387 e. The molecule has 3 nitrogen and oxygen atoms in total. The fraction of sp³-hybridized carbons (Fsp3) is 0.462. The summed E-state index contributed by atoms with van der Waals surface area (Å²) in [6.45, 7) is 2.62. The molecule has 1 saturated heterocycles. The van der Waals surface area contributed by atoms with E-state index in [1.54, 1.807) is 6.07 Å². The molecule has 1 fully saturated rings. The zero-order valence-corrected chi connectivity index (χ0v) is 11.7. The number of amidine groups is 1. The third-order valence-electron chi connectivity index (χ3n) is 3.34. The Kier molecular flexibility index (Phi) is 4.35. The molecule has 98 valence electrons. The number of likely N-dealkylation sites (tertiary alicyclic amines) is 1. The van der Waals surface area contributed by atoms with Crippen LogP contribution >= 0.6 is 15.9 Å². The van der Waals surface area contributed by atoms with Crippen LogP contribution < -0.4 is 5.73 Å². The zero-order valence-electron chi connectivity index (χ0n) is 10.1. The van der Waals surface area contributed by atoms with Gasteiger partial charge in [0.25, 0.3) is 0 Å². The Labute approximate surface area is 115 Å². The van der Waals surface area contributed by atoms with Gasteiger partial charge < -0.3 is 5.73 Å². The van der Waals surface area contributed by atoms with Gasteiger partial charge in [-0.15, -0.1) is 0 Å². The molecule has 0 bridgehead atoms. The minimum atomic E-state index is -0.237. The Morgan fingerprint density at radius 1 is 1.56 bits per heavy atom. The molecule has 0 aromatic heterocycles. The lowest BCUT2D eigenvalue weighted by Gasteiger charge is -2.32. The third-order valence-corrected chi connectivity index (χ3v) is 3.94. The van der Waals surface area contributed by atoms with Crippen molar-refractivity contribution in [3.63, 3.8) is 0 Å². The lowest BCUT2D eigenvalue weighted by atomic mass is 9.96. The van der Waals surface area contributed by atoms with E-state index in [4.69, 9.17) is 11.1 Å². The third kappa shape index (κ3) is 3.29. The number of hydrogen-bond acceptors (Lipinski definition) is 2. The van der Waals surface area contributed by atoms with E-state index in [-0.39, 0.29) is 17.6 Å². The highest BCUT2D eigenvalue weighted by atomic mass is 79.9. The van der Waals surface area contributed by atoms with Gasteiger partial charge in [0.15, 0.2) is 0 Å². The smallest absolute Gasteiger partial charge is 0.137 e. The van der Waals surface area contributed by atoms with Gasteiger partial charge in [-0.3, -0.25) is 10.3 Å². The summed E-state index contributed by atoms with van der Waals surface area (Å²) in [4.78, 5) is 2.27. The van der Waals surface area contributed by atoms with Gasteiger partial charge in [0.1, 0.15) is 5.82 Å². The van der Waals surface area contributed by atoms with Crippen molar-refractivity contribution < 1.29 is 4.39 Å². The average molecular weight is 314 g/mol. The van der Waals surface area contributed by atoms with Gasteiger partial charge in [0.05, 0.1) is 10.3 Å². The SMILES string of the molecule is N=C(N)C1CCCN(Cc2ccc(F)c(Br)c2)C1. The first-order valence-corrected chi connectivity index (χ1v) is 6.86. The van der Waals surface area contributed by atoms with Gasteiger partial charge in [-0.2, -0.15) is 0 Å². The second-order valence-corrected chi connectivity index (χ2v) is 5.63. The second-order valence-electron chi connectivity index (χ2n) is 4.78. The highest BCUT2D eigenvalue weighted by Crippen LogP contribution is 2.21. The standard InChI is InChI=1S/C13H17BrFN3/c14-11-6-9(3-4-12(11)15)7-18-5-1-2-10(8-18)13(16)17/h3-4,6,10H,1-2,5,7-8H2,(H3,16,17). The highest BCUT2D eigenvalue weighted by molar-refractivity contribution is 9.10. The summed E-state index contributed by atoms with van der Waals surface area (Å²) < 4.78 is 13.6. The number of halogens is 2. The maximum atomic E-state index is 13.1. The quantitative estimate of drug-likeness (QED) is 0.666. The normalized spacial score (nSPS) is 20.9. The molecular formula is C13H17BrFN3. The maximum absolute atomic E-state index is 13.1. The number of nitrogens with zero attached hydrogens (tertiary/aromatic N) is 1. The van der Waals surface area contributed by atoms with Gasteiger partial charge in [-0.25, -0.2) is 4.39 Å². The summed E-state index contributed by atoms with van der Waals surface area (Å²) in [5.41, 5.74) is 6.64. The van der Waals surface area contributed by atoms with E-state index in [0.717, 1.165) is 38.0 Å². The molecular weight excluding hydrogens is 297 g/mol. The Morgan fingerprint density at radius 3 is 3.00 bits per heavy atom. The molecule has 18 heavy (non-hydrogen) atoms. The number of nitrogens with two attached hydrogens (primary N) is 1. The van der Waals surface area contributed by atoms with E-state index in [1.807, 2.05) is 6.07 Å². The van der Waals surface area contributed by atoms with E-state index in [1.165, 1.54) is 6.07 Å². The van der Waals surface area contributed by atoms with Crippen LogP contribution in [0.5, 0.6) is 0 Å². The predicted octanol–water partition coefficient (Wildman–Crippen LogP) is 2.74. The fourth-order valence-electron chi connectivity index (χ4n) is 2.35. The van der Waals surface area contributed by atoms with Crippen LogP contribution in [0.15, 0.2) is 22.7 Å². The number of benzene rings is 1. The maximum Gasteiger partial charge on any atom is 0.137 e. The molecule has 1 aromatic carbocycles. The predicted molar refractivity (Wildman–Crippen MR) is 74.0 cm³/mol. The van der Waals surface area contributed by atoms with Gasteiger partial charge in [-0.05, 0) is 53.0 Å². The number of nitrogens with one attached hydrogen (secondary N) is 1. The van der Waals surface area contributed by atoms with Crippen LogP contribution in [0, 0.1) is 17.1 Å². The number of hydrogen-bond donors (Lipinski definition) is 2. The first-order valence-electron chi connectivity index (χ1n) is 6.06. The summed E-state index contributed by atoms with van der Waals surface area (Å²) in [5, 5.41) is 7.51. The van der Waals surface area contributed by atoms with Gasteiger partial charge in [0.2, 0.25) is 0 Å². The van der Waals surface area contributed by atoms with Gasteiger partial charge >= 0.3 is 0 Å². The van der Waals surface area contributed by atoms with Crippen molar-refractivity contribution in [1.82, 2.24) is 4.90 Å². The van der Waals surface area contributed by atoms with E-state index in [9.17, 15) is 4.39 Å². The molecule has 3 N–H and O–H groups in total. The van der Waals surface area contributed by atoms with E-state index < -0.39 is 0 Å². The van der Waals surface area contributed by atoms with E-state index >= 15 is 0 Å². The number of rotatable bonds is 3. The molecule has 2 rings (SSSR count). The van der Waals surface area contributed by atoms with Crippen LogP contribution in [0.25, 0.3) is 0 Å². The summed E-state index contributed by atoms with van der Waals surface area (Å²) in [6, 6.07) is 5.09. The van der Waals surface area contributed by atoms with Crippen LogP contribution in [0.1, 0.15) is 18.4 Å².